The zero-order valence-electron chi connectivity index (χ0n) is 13.2. The minimum Gasteiger partial charge on any atom is -0.357 e. The van der Waals surface area contributed by atoms with Gasteiger partial charge >= 0.3 is 0 Å². The van der Waals surface area contributed by atoms with Gasteiger partial charge in [-0.15, -0.1) is 0 Å². The molecule has 2 saturated heterocycles. The van der Waals surface area contributed by atoms with E-state index in [4.69, 9.17) is 5.73 Å². The number of anilines is 1. The Labute approximate surface area is 128 Å². The lowest BCUT2D eigenvalue weighted by molar-refractivity contribution is 0.141. The van der Waals surface area contributed by atoms with E-state index in [1.165, 1.54) is 45.2 Å². The second kappa shape index (κ2) is 6.75. The van der Waals surface area contributed by atoms with E-state index in [-0.39, 0.29) is 6.04 Å². The average molecular weight is 288 g/mol. The van der Waals surface area contributed by atoms with Gasteiger partial charge in [-0.05, 0) is 57.3 Å². The molecule has 4 heteroatoms. The summed E-state index contributed by atoms with van der Waals surface area (Å²) in [5.41, 5.74) is 7.00. The van der Waals surface area contributed by atoms with Gasteiger partial charge in [0.25, 0.3) is 0 Å². The molecule has 0 saturated carbocycles. The molecule has 4 nitrogen and oxygen atoms in total. The van der Waals surface area contributed by atoms with E-state index in [9.17, 15) is 0 Å². The number of piperidine rings is 2. The van der Waals surface area contributed by atoms with Crippen LogP contribution in [0, 0.1) is 0 Å². The van der Waals surface area contributed by atoms with Crippen LogP contribution in [0.15, 0.2) is 18.3 Å². The van der Waals surface area contributed by atoms with Gasteiger partial charge in [-0.1, -0.05) is 12.5 Å². The van der Waals surface area contributed by atoms with E-state index < -0.39 is 0 Å². The van der Waals surface area contributed by atoms with Crippen molar-refractivity contribution < 1.29 is 0 Å². The minimum atomic E-state index is 0.0661. The molecule has 1 aromatic heterocycles. The van der Waals surface area contributed by atoms with Crippen LogP contribution in [0.1, 0.15) is 50.6 Å². The molecule has 1 aromatic rings. The Hall–Kier alpha value is -1.13. The summed E-state index contributed by atoms with van der Waals surface area (Å²) in [5, 5.41) is 0. The molecule has 0 amide bonds. The highest BCUT2D eigenvalue weighted by Crippen LogP contribution is 2.24. The largest absolute Gasteiger partial charge is 0.357 e. The first-order valence-corrected chi connectivity index (χ1v) is 8.44. The first kappa shape index (κ1) is 14.8. The summed E-state index contributed by atoms with van der Waals surface area (Å²) in [5.74, 6) is 1.11. The summed E-state index contributed by atoms with van der Waals surface area (Å²) in [4.78, 5) is 9.73. The predicted molar refractivity (Wildman–Crippen MR) is 87.5 cm³/mol. The summed E-state index contributed by atoms with van der Waals surface area (Å²) in [6, 6.07) is 5.10. The lowest BCUT2D eigenvalue weighted by Gasteiger charge is -2.40. The fraction of sp³-hybridized carbons (Fsp3) is 0.706. The summed E-state index contributed by atoms with van der Waals surface area (Å²) in [6.45, 7) is 6.89. The molecule has 0 aromatic carbocycles. The molecule has 2 aliphatic heterocycles. The van der Waals surface area contributed by atoms with Crippen LogP contribution in [-0.2, 0) is 0 Å². The Bertz CT molecular complexity index is 429. The van der Waals surface area contributed by atoms with E-state index in [1.54, 1.807) is 0 Å². The minimum absolute atomic E-state index is 0.0661. The SMILES string of the molecule is CC(N)c1ccc(N2CCC(N3CCCCC3)CC2)nc1. The van der Waals surface area contributed by atoms with E-state index in [0.29, 0.717) is 0 Å². The fourth-order valence-corrected chi connectivity index (χ4v) is 3.60. The van der Waals surface area contributed by atoms with Gasteiger partial charge in [-0.3, -0.25) is 0 Å². The van der Waals surface area contributed by atoms with Gasteiger partial charge in [0.15, 0.2) is 0 Å². The highest BCUT2D eigenvalue weighted by atomic mass is 15.2. The Morgan fingerprint density at radius 1 is 1.10 bits per heavy atom. The predicted octanol–water partition coefficient (Wildman–Crippen LogP) is 2.56. The quantitative estimate of drug-likeness (QED) is 0.928. The molecule has 0 spiro atoms. The number of likely N-dealkylation sites (tertiary alicyclic amines) is 1. The van der Waals surface area contributed by atoms with Crippen LogP contribution < -0.4 is 10.6 Å². The van der Waals surface area contributed by atoms with Crippen LogP contribution in [-0.4, -0.2) is 42.1 Å². The number of hydrogen-bond donors (Lipinski definition) is 1. The monoisotopic (exact) mass is 288 g/mol. The zero-order chi connectivity index (χ0) is 14.7. The van der Waals surface area contributed by atoms with Crippen LogP contribution in [0.2, 0.25) is 0 Å². The second-order valence-electron chi connectivity index (χ2n) is 6.55. The van der Waals surface area contributed by atoms with E-state index in [2.05, 4.69) is 26.9 Å². The van der Waals surface area contributed by atoms with Crippen molar-refractivity contribution >= 4 is 5.82 Å². The molecule has 0 aliphatic carbocycles. The molecule has 2 aliphatic rings. The molecular weight excluding hydrogens is 260 g/mol. The molecule has 0 radical (unpaired) electrons. The van der Waals surface area contributed by atoms with E-state index >= 15 is 0 Å². The van der Waals surface area contributed by atoms with Crippen LogP contribution in [0.3, 0.4) is 0 Å². The van der Waals surface area contributed by atoms with Crippen molar-refractivity contribution in [2.75, 3.05) is 31.1 Å². The molecule has 3 rings (SSSR count). The maximum Gasteiger partial charge on any atom is 0.128 e. The average Bonchev–Trinajstić information content (AvgIpc) is 2.56. The number of nitrogens with zero attached hydrogens (tertiary/aromatic N) is 3. The summed E-state index contributed by atoms with van der Waals surface area (Å²) in [6.07, 6.45) is 8.68. The van der Waals surface area contributed by atoms with Crippen LogP contribution in [0.5, 0.6) is 0 Å². The van der Waals surface area contributed by atoms with Crippen LogP contribution in [0.25, 0.3) is 0 Å². The Morgan fingerprint density at radius 2 is 1.81 bits per heavy atom. The highest BCUT2D eigenvalue weighted by molar-refractivity contribution is 5.40. The number of aromatic nitrogens is 1. The maximum atomic E-state index is 5.88. The summed E-state index contributed by atoms with van der Waals surface area (Å²) >= 11 is 0. The number of hydrogen-bond acceptors (Lipinski definition) is 4. The van der Waals surface area contributed by atoms with E-state index in [1.807, 2.05) is 13.1 Å². The van der Waals surface area contributed by atoms with Gasteiger partial charge < -0.3 is 15.5 Å². The van der Waals surface area contributed by atoms with Crippen molar-refractivity contribution in [3.63, 3.8) is 0 Å². The van der Waals surface area contributed by atoms with Crippen molar-refractivity contribution in [1.82, 2.24) is 9.88 Å². The normalized spacial score (nSPS) is 23.2. The molecule has 21 heavy (non-hydrogen) atoms. The molecule has 3 heterocycles. The van der Waals surface area contributed by atoms with Crippen molar-refractivity contribution in [2.45, 2.75) is 51.1 Å². The van der Waals surface area contributed by atoms with Crippen LogP contribution in [0.4, 0.5) is 5.82 Å². The second-order valence-corrected chi connectivity index (χ2v) is 6.55. The Morgan fingerprint density at radius 3 is 2.38 bits per heavy atom. The number of pyridine rings is 1. The third kappa shape index (κ3) is 3.55. The van der Waals surface area contributed by atoms with Gasteiger partial charge in [0.1, 0.15) is 5.82 Å². The number of rotatable bonds is 3. The van der Waals surface area contributed by atoms with E-state index in [0.717, 1.165) is 30.5 Å². The Kier molecular flexibility index (Phi) is 4.76. The van der Waals surface area contributed by atoms with Crippen molar-refractivity contribution in [1.29, 1.82) is 0 Å². The van der Waals surface area contributed by atoms with Crippen LogP contribution >= 0.6 is 0 Å². The topological polar surface area (TPSA) is 45.4 Å². The highest BCUT2D eigenvalue weighted by Gasteiger charge is 2.25. The molecule has 2 fully saturated rings. The third-order valence-corrected chi connectivity index (χ3v) is 4.99. The summed E-state index contributed by atoms with van der Waals surface area (Å²) in [7, 11) is 0. The van der Waals surface area contributed by atoms with Crippen molar-refractivity contribution in [3.8, 4) is 0 Å². The van der Waals surface area contributed by atoms with Gasteiger partial charge in [-0.25, -0.2) is 4.98 Å². The smallest absolute Gasteiger partial charge is 0.128 e. The standard InChI is InChI=1S/C17H28N4/c1-14(18)15-5-6-17(19-13-15)21-11-7-16(8-12-21)20-9-3-2-4-10-20/h5-6,13-14,16H,2-4,7-12,18H2,1H3. The lowest BCUT2D eigenvalue weighted by Crippen LogP contribution is -2.46. The molecule has 1 unspecified atom stereocenters. The Balaban J connectivity index is 1.55. The molecule has 2 N–H and O–H groups in total. The fourth-order valence-electron chi connectivity index (χ4n) is 3.60. The molecule has 1 atom stereocenters. The van der Waals surface area contributed by atoms with Crippen molar-refractivity contribution in [3.05, 3.63) is 23.9 Å². The number of nitrogens with two attached hydrogens (primary N) is 1. The zero-order valence-corrected chi connectivity index (χ0v) is 13.2. The molecule has 0 bridgehead atoms. The van der Waals surface area contributed by atoms with Gasteiger partial charge in [0.2, 0.25) is 0 Å². The van der Waals surface area contributed by atoms with Crippen molar-refractivity contribution in [2.24, 2.45) is 5.73 Å². The van der Waals surface area contributed by atoms with Gasteiger partial charge in [0, 0.05) is 31.4 Å². The first-order valence-electron chi connectivity index (χ1n) is 8.44. The summed E-state index contributed by atoms with van der Waals surface area (Å²) < 4.78 is 0. The van der Waals surface area contributed by atoms with Gasteiger partial charge in [0.05, 0.1) is 0 Å². The first-order chi connectivity index (χ1) is 10.2. The lowest BCUT2D eigenvalue weighted by atomic mass is 10.00. The molecule has 116 valence electrons. The van der Waals surface area contributed by atoms with Gasteiger partial charge in [-0.2, -0.15) is 0 Å². The molecular formula is C17H28N4. The maximum absolute atomic E-state index is 5.88. The third-order valence-electron chi connectivity index (χ3n) is 4.99.